The van der Waals surface area contributed by atoms with Crippen LogP contribution in [0.1, 0.15) is 55.3 Å². The molecule has 0 heterocycles. The van der Waals surface area contributed by atoms with E-state index in [1.165, 1.54) is 36.0 Å². The van der Waals surface area contributed by atoms with Gasteiger partial charge in [0.25, 0.3) is 0 Å². The van der Waals surface area contributed by atoms with Gasteiger partial charge in [-0.25, -0.2) is 0 Å². The van der Waals surface area contributed by atoms with E-state index in [1.807, 2.05) is 0 Å². The zero-order valence-electron chi connectivity index (χ0n) is 10.6. The fourth-order valence-electron chi connectivity index (χ4n) is 1.93. The number of hydrogen-bond donors (Lipinski definition) is 1. The average molecular weight is 242 g/mol. The van der Waals surface area contributed by atoms with Crippen LogP contribution in [0.3, 0.4) is 0 Å². The number of unbranched alkanes of at least 4 members (excludes halogenated alkanes) is 2. The molecule has 2 heteroatoms. The molecule has 0 fully saturated rings. The molecule has 1 rings (SSSR count). The van der Waals surface area contributed by atoms with Crippen LogP contribution in [-0.4, -0.2) is 0 Å². The Hall–Kier alpha value is -0.530. The summed E-state index contributed by atoms with van der Waals surface area (Å²) in [6, 6.07) is 6.77. The van der Waals surface area contributed by atoms with Crippen LogP contribution in [0.5, 0.6) is 0 Å². The van der Waals surface area contributed by atoms with E-state index in [-0.39, 0.29) is 18.4 Å². The molecule has 2 N–H and O–H groups in total. The fraction of sp³-hybridized carbons (Fsp3) is 0.571. The van der Waals surface area contributed by atoms with Gasteiger partial charge in [-0.2, -0.15) is 0 Å². The zero-order chi connectivity index (χ0) is 11.3. The maximum Gasteiger partial charge on any atom is 0.0297 e. The van der Waals surface area contributed by atoms with Crippen LogP contribution >= 0.6 is 12.4 Å². The van der Waals surface area contributed by atoms with Gasteiger partial charge in [0.15, 0.2) is 0 Å². The van der Waals surface area contributed by atoms with Crippen molar-refractivity contribution in [3.05, 3.63) is 34.9 Å². The molecule has 0 aliphatic carbocycles. The second-order valence-corrected chi connectivity index (χ2v) is 4.46. The Labute approximate surface area is 106 Å². The lowest BCUT2D eigenvalue weighted by molar-refractivity contribution is 0.579. The van der Waals surface area contributed by atoms with Crippen molar-refractivity contribution >= 4 is 12.4 Å². The van der Waals surface area contributed by atoms with Crippen molar-refractivity contribution in [1.29, 1.82) is 0 Å². The Morgan fingerprint density at radius 1 is 1.19 bits per heavy atom. The lowest BCUT2D eigenvalue weighted by Crippen LogP contribution is -2.11. The Bertz CT molecular complexity index is 310. The molecular weight excluding hydrogens is 218 g/mol. The zero-order valence-corrected chi connectivity index (χ0v) is 11.4. The summed E-state index contributed by atoms with van der Waals surface area (Å²) in [6.45, 7) is 6.50. The van der Waals surface area contributed by atoms with E-state index in [0.29, 0.717) is 0 Å². The predicted molar refractivity (Wildman–Crippen MR) is 74.2 cm³/mol. The normalized spacial score (nSPS) is 12.0. The molecule has 1 aromatic rings. The lowest BCUT2D eigenvalue weighted by Gasteiger charge is -2.15. The molecular formula is C14H24ClN. The summed E-state index contributed by atoms with van der Waals surface area (Å²) in [6.07, 6.45) is 4.90. The topological polar surface area (TPSA) is 26.0 Å². The summed E-state index contributed by atoms with van der Waals surface area (Å²) in [5.74, 6) is 0. The second-order valence-electron chi connectivity index (χ2n) is 4.46. The Kier molecular flexibility index (Phi) is 7.44. The van der Waals surface area contributed by atoms with Crippen LogP contribution in [0.25, 0.3) is 0 Å². The van der Waals surface area contributed by atoms with Crippen LogP contribution < -0.4 is 5.73 Å². The minimum absolute atomic E-state index is 0. The Morgan fingerprint density at radius 3 is 2.50 bits per heavy atom. The number of rotatable bonds is 5. The summed E-state index contributed by atoms with van der Waals surface area (Å²) < 4.78 is 0. The van der Waals surface area contributed by atoms with Crippen LogP contribution in [0.15, 0.2) is 18.2 Å². The largest absolute Gasteiger partial charge is 0.324 e. The predicted octanol–water partition coefficient (Wildman–Crippen LogP) is 4.31. The maximum absolute atomic E-state index is 6.21. The first-order valence-electron chi connectivity index (χ1n) is 5.98. The van der Waals surface area contributed by atoms with Crippen LogP contribution in [0.4, 0.5) is 0 Å². The standard InChI is InChI=1S/C14H23N.ClH/c1-4-5-6-7-14(15)13-10-11(2)8-9-12(13)3;/h8-10,14H,4-7,15H2,1-3H3;1H/t14-;/m0./s1. The molecule has 1 nitrogen and oxygen atoms in total. The summed E-state index contributed by atoms with van der Waals surface area (Å²) in [4.78, 5) is 0. The van der Waals surface area contributed by atoms with Crippen LogP contribution in [0.2, 0.25) is 0 Å². The number of nitrogens with two attached hydrogens (primary N) is 1. The van der Waals surface area contributed by atoms with Crippen molar-refractivity contribution in [3.63, 3.8) is 0 Å². The summed E-state index contributed by atoms with van der Waals surface area (Å²) in [5.41, 5.74) is 10.2. The van der Waals surface area contributed by atoms with E-state index < -0.39 is 0 Å². The molecule has 0 saturated carbocycles. The Balaban J connectivity index is 0.00000225. The molecule has 0 aliphatic rings. The maximum atomic E-state index is 6.21. The van der Waals surface area contributed by atoms with E-state index in [2.05, 4.69) is 39.0 Å². The minimum atomic E-state index is 0. The number of aryl methyl sites for hydroxylation is 2. The quantitative estimate of drug-likeness (QED) is 0.764. The van der Waals surface area contributed by atoms with Gasteiger partial charge in [-0.3, -0.25) is 0 Å². The van der Waals surface area contributed by atoms with E-state index >= 15 is 0 Å². The van der Waals surface area contributed by atoms with Gasteiger partial charge in [-0.05, 0) is 31.4 Å². The first-order chi connectivity index (χ1) is 7.15. The molecule has 0 aromatic heterocycles. The Morgan fingerprint density at radius 2 is 1.88 bits per heavy atom. The highest BCUT2D eigenvalue weighted by Crippen LogP contribution is 2.21. The third kappa shape index (κ3) is 4.54. The van der Waals surface area contributed by atoms with Crippen LogP contribution in [0, 0.1) is 13.8 Å². The van der Waals surface area contributed by atoms with Gasteiger partial charge in [0, 0.05) is 6.04 Å². The SMILES string of the molecule is CCCCC[C@H](N)c1cc(C)ccc1C.Cl. The summed E-state index contributed by atoms with van der Waals surface area (Å²) in [5, 5.41) is 0. The molecule has 0 aliphatic heterocycles. The van der Waals surface area contributed by atoms with Gasteiger partial charge >= 0.3 is 0 Å². The summed E-state index contributed by atoms with van der Waals surface area (Å²) >= 11 is 0. The van der Waals surface area contributed by atoms with Crippen LogP contribution in [-0.2, 0) is 0 Å². The van der Waals surface area contributed by atoms with Crippen molar-refractivity contribution in [1.82, 2.24) is 0 Å². The van der Waals surface area contributed by atoms with Crippen molar-refractivity contribution in [2.45, 2.75) is 52.5 Å². The van der Waals surface area contributed by atoms with Gasteiger partial charge in [0.2, 0.25) is 0 Å². The molecule has 1 aromatic carbocycles. The minimum Gasteiger partial charge on any atom is -0.324 e. The van der Waals surface area contributed by atoms with Crippen molar-refractivity contribution in [3.8, 4) is 0 Å². The molecule has 0 bridgehead atoms. The third-order valence-corrected chi connectivity index (χ3v) is 2.95. The number of hydrogen-bond acceptors (Lipinski definition) is 1. The van der Waals surface area contributed by atoms with Crippen molar-refractivity contribution < 1.29 is 0 Å². The first kappa shape index (κ1) is 15.5. The molecule has 0 spiro atoms. The number of halogens is 1. The monoisotopic (exact) mass is 241 g/mol. The number of benzene rings is 1. The molecule has 0 unspecified atom stereocenters. The van der Waals surface area contributed by atoms with E-state index in [4.69, 9.17) is 5.73 Å². The van der Waals surface area contributed by atoms with Gasteiger partial charge in [-0.1, -0.05) is 49.9 Å². The molecule has 92 valence electrons. The molecule has 0 radical (unpaired) electrons. The highest BCUT2D eigenvalue weighted by molar-refractivity contribution is 5.85. The molecule has 0 amide bonds. The smallest absolute Gasteiger partial charge is 0.0297 e. The lowest BCUT2D eigenvalue weighted by atomic mass is 9.96. The molecule has 1 atom stereocenters. The highest BCUT2D eigenvalue weighted by atomic mass is 35.5. The molecule has 16 heavy (non-hydrogen) atoms. The van der Waals surface area contributed by atoms with Crippen molar-refractivity contribution in [2.24, 2.45) is 5.73 Å². The third-order valence-electron chi connectivity index (χ3n) is 2.95. The van der Waals surface area contributed by atoms with Gasteiger partial charge in [-0.15, -0.1) is 12.4 Å². The van der Waals surface area contributed by atoms with Gasteiger partial charge in [0.1, 0.15) is 0 Å². The first-order valence-corrected chi connectivity index (χ1v) is 5.98. The van der Waals surface area contributed by atoms with Crippen molar-refractivity contribution in [2.75, 3.05) is 0 Å². The second kappa shape index (κ2) is 7.70. The van der Waals surface area contributed by atoms with Gasteiger partial charge in [0.05, 0.1) is 0 Å². The van der Waals surface area contributed by atoms with E-state index in [9.17, 15) is 0 Å². The summed E-state index contributed by atoms with van der Waals surface area (Å²) in [7, 11) is 0. The van der Waals surface area contributed by atoms with Gasteiger partial charge < -0.3 is 5.73 Å². The highest BCUT2D eigenvalue weighted by Gasteiger charge is 2.08. The van der Waals surface area contributed by atoms with E-state index in [1.54, 1.807) is 0 Å². The fourth-order valence-corrected chi connectivity index (χ4v) is 1.93. The molecule has 0 saturated heterocycles. The average Bonchev–Trinajstić information content (AvgIpc) is 2.22. The van der Waals surface area contributed by atoms with E-state index in [0.717, 1.165) is 6.42 Å².